The molecule has 0 bridgehead atoms. The van der Waals surface area contributed by atoms with Gasteiger partial charge in [0, 0.05) is 12.5 Å². The lowest BCUT2D eigenvalue weighted by atomic mass is 10.2. The number of nitro benzene ring substituents is 1. The molecule has 1 aromatic rings. The number of hydrogen-bond donors (Lipinski definition) is 1. The van der Waals surface area contributed by atoms with Gasteiger partial charge < -0.3 is 14.8 Å². The van der Waals surface area contributed by atoms with E-state index in [0.29, 0.717) is 12.2 Å². The van der Waals surface area contributed by atoms with Crippen molar-refractivity contribution in [1.82, 2.24) is 5.32 Å². The Labute approximate surface area is 117 Å². The first-order valence-corrected chi connectivity index (χ1v) is 6.12. The number of esters is 1. The minimum absolute atomic E-state index is 0.0243. The lowest BCUT2D eigenvalue weighted by Gasteiger charge is -2.14. The van der Waals surface area contributed by atoms with E-state index in [0.717, 1.165) is 5.56 Å². The zero-order chi connectivity index (χ0) is 15.1. The molecule has 20 heavy (non-hydrogen) atoms. The summed E-state index contributed by atoms with van der Waals surface area (Å²) in [4.78, 5) is 21.6. The van der Waals surface area contributed by atoms with Crippen molar-refractivity contribution in [3.63, 3.8) is 0 Å². The molecule has 1 N–H and O–H groups in total. The summed E-state index contributed by atoms with van der Waals surface area (Å²) in [6.45, 7) is 2.05. The molecule has 0 saturated carbocycles. The summed E-state index contributed by atoms with van der Waals surface area (Å²) in [6.07, 6.45) is 0.408. The Morgan fingerprint density at radius 1 is 1.50 bits per heavy atom. The molecule has 0 radical (unpaired) electrons. The quantitative estimate of drug-likeness (QED) is 0.462. The lowest BCUT2D eigenvalue weighted by Crippen LogP contribution is -2.36. The normalized spacial score (nSPS) is 11.8. The van der Waals surface area contributed by atoms with E-state index < -0.39 is 11.0 Å². The van der Waals surface area contributed by atoms with Crippen molar-refractivity contribution in [1.29, 1.82) is 0 Å². The average Bonchev–Trinajstić information content (AvgIpc) is 2.44. The van der Waals surface area contributed by atoms with Crippen LogP contribution in [0.1, 0.15) is 12.0 Å². The Bertz CT molecular complexity index is 490. The van der Waals surface area contributed by atoms with Crippen LogP contribution >= 0.6 is 0 Å². The molecular formula is C13H18N2O5. The van der Waals surface area contributed by atoms with Gasteiger partial charge in [-0.1, -0.05) is 0 Å². The van der Waals surface area contributed by atoms with E-state index in [2.05, 4.69) is 10.1 Å². The summed E-state index contributed by atoms with van der Waals surface area (Å²) in [5.74, 6) is 0.0748. The molecule has 0 amide bonds. The van der Waals surface area contributed by atoms with Gasteiger partial charge in [-0.25, -0.2) is 0 Å². The molecule has 0 aromatic heterocycles. The van der Waals surface area contributed by atoms with E-state index >= 15 is 0 Å². The van der Waals surface area contributed by atoms with Crippen LogP contribution in [0.2, 0.25) is 0 Å². The van der Waals surface area contributed by atoms with Gasteiger partial charge in [0.2, 0.25) is 0 Å². The first kappa shape index (κ1) is 15.9. The molecule has 0 heterocycles. The van der Waals surface area contributed by atoms with Gasteiger partial charge in [0.1, 0.15) is 11.8 Å². The fourth-order valence-electron chi connectivity index (χ4n) is 1.67. The number of benzene rings is 1. The third kappa shape index (κ3) is 4.20. The Hall–Kier alpha value is -2.15. The number of rotatable bonds is 7. The van der Waals surface area contributed by atoms with Gasteiger partial charge >= 0.3 is 5.97 Å². The number of likely N-dealkylation sites (N-methyl/N-ethyl adjacent to an activating group) is 1. The highest BCUT2D eigenvalue weighted by atomic mass is 16.6. The van der Waals surface area contributed by atoms with Gasteiger partial charge in [0.25, 0.3) is 5.69 Å². The SMILES string of the molecule is CNC(CCOc1cc([N+](=O)[O-])ccc1C)C(=O)OC. The number of hydrogen-bond acceptors (Lipinski definition) is 6. The van der Waals surface area contributed by atoms with E-state index in [9.17, 15) is 14.9 Å². The number of nitrogens with one attached hydrogen (secondary N) is 1. The van der Waals surface area contributed by atoms with Crippen molar-refractivity contribution in [2.75, 3.05) is 20.8 Å². The molecular weight excluding hydrogens is 264 g/mol. The summed E-state index contributed by atoms with van der Waals surface area (Å²) in [5.41, 5.74) is 0.776. The van der Waals surface area contributed by atoms with E-state index in [1.54, 1.807) is 20.0 Å². The molecule has 0 aliphatic carbocycles. The zero-order valence-electron chi connectivity index (χ0n) is 11.7. The fourth-order valence-corrected chi connectivity index (χ4v) is 1.67. The molecule has 0 spiro atoms. The van der Waals surface area contributed by atoms with Crippen molar-refractivity contribution >= 4 is 11.7 Å². The van der Waals surface area contributed by atoms with Gasteiger partial charge in [-0.15, -0.1) is 0 Å². The number of aryl methyl sites for hydroxylation is 1. The molecule has 1 aromatic carbocycles. The van der Waals surface area contributed by atoms with Gasteiger partial charge in [-0.05, 0) is 25.6 Å². The minimum Gasteiger partial charge on any atom is -0.493 e. The highest BCUT2D eigenvalue weighted by molar-refractivity contribution is 5.75. The van der Waals surface area contributed by atoms with Gasteiger partial charge in [-0.2, -0.15) is 0 Å². The number of nitro groups is 1. The molecule has 0 aliphatic rings. The van der Waals surface area contributed by atoms with E-state index in [4.69, 9.17) is 4.74 Å². The van der Waals surface area contributed by atoms with E-state index in [1.165, 1.54) is 19.2 Å². The fraction of sp³-hybridized carbons (Fsp3) is 0.462. The van der Waals surface area contributed by atoms with Crippen LogP contribution in [-0.4, -0.2) is 37.7 Å². The number of nitrogens with zero attached hydrogens (tertiary/aromatic N) is 1. The van der Waals surface area contributed by atoms with E-state index in [1.807, 2.05) is 0 Å². The van der Waals surface area contributed by atoms with Crippen molar-refractivity contribution in [2.24, 2.45) is 0 Å². The maximum absolute atomic E-state index is 11.4. The van der Waals surface area contributed by atoms with Crippen molar-refractivity contribution in [3.05, 3.63) is 33.9 Å². The molecule has 1 rings (SSSR count). The zero-order valence-corrected chi connectivity index (χ0v) is 11.7. The molecule has 110 valence electrons. The van der Waals surface area contributed by atoms with Crippen LogP contribution in [0.4, 0.5) is 5.69 Å². The largest absolute Gasteiger partial charge is 0.493 e. The maximum atomic E-state index is 11.4. The first-order chi connectivity index (χ1) is 9.49. The van der Waals surface area contributed by atoms with Crippen LogP contribution < -0.4 is 10.1 Å². The smallest absolute Gasteiger partial charge is 0.322 e. The summed E-state index contributed by atoms with van der Waals surface area (Å²) in [7, 11) is 2.97. The summed E-state index contributed by atoms with van der Waals surface area (Å²) >= 11 is 0. The van der Waals surface area contributed by atoms with Gasteiger partial charge in [-0.3, -0.25) is 14.9 Å². The number of methoxy groups -OCH3 is 1. The molecule has 1 atom stereocenters. The number of ether oxygens (including phenoxy) is 2. The van der Waals surface area contributed by atoms with Gasteiger partial charge in [0.05, 0.1) is 24.7 Å². The monoisotopic (exact) mass is 282 g/mol. The predicted molar refractivity (Wildman–Crippen MR) is 72.8 cm³/mol. The molecule has 1 unspecified atom stereocenters. The average molecular weight is 282 g/mol. The Kier molecular flexibility index (Phi) is 5.92. The third-order valence-electron chi connectivity index (χ3n) is 2.88. The minimum atomic E-state index is -0.475. The third-order valence-corrected chi connectivity index (χ3v) is 2.88. The Balaban J connectivity index is 2.63. The van der Waals surface area contributed by atoms with E-state index in [-0.39, 0.29) is 18.3 Å². The second-order valence-corrected chi connectivity index (χ2v) is 4.21. The van der Waals surface area contributed by atoms with Crippen molar-refractivity contribution in [3.8, 4) is 5.75 Å². The molecule has 0 aliphatic heterocycles. The van der Waals surface area contributed by atoms with Crippen LogP contribution in [0.3, 0.4) is 0 Å². The summed E-state index contributed by atoms with van der Waals surface area (Å²) < 4.78 is 10.1. The van der Waals surface area contributed by atoms with Crippen molar-refractivity contribution in [2.45, 2.75) is 19.4 Å². The summed E-state index contributed by atoms with van der Waals surface area (Å²) in [6, 6.07) is 3.97. The van der Waals surface area contributed by atoms with Gasteiger partial charge in [0.15, 0.2) is 0 Å². The van der Waals surface area contributed by atoms with Crippen LogP contribution in [-0.2, 0) is 9.53 Å². The van der Waals surface area contributed by atoms with Crippen LogP contribution in [0, 0.1) is 17.0 Å². The Morgan fingerprint density at radius 3 is 2.75 bits per heavy atom. The highest BCUT2D eigenvalue weighted by Gasteiger charge is 2.17. The van der Waals surface area contributed by atoms with Crippen molar-refractivity contribution < 1.29 is 19.2 Å². The summed E-state index contributed by atoms with van der Waals surface area (Å²) in [5, 5.41) is 13.5. The lowest BCUT2D eigenvalue weighted by molar-refractivity contribution is -0.384. The number of non-ortho nitro benzene ring substituents is 1. The molecule has 7 heteroatoms. The number of carbonyl (C=O) groups excluding carboxylic acids is 1. The predicted octanol–water partition coefficient (Wildman–Crippen LogP) is 1.43. The Morgan fingerprint density at radius 2 is 2.20 bits per heavy atom. The van der Waals surface area contributed by atoms with Crippen LogP contribution in [0.15, 0.2) is 18.2 Å². The second kappa shape index (κ2) is 7.44. The highest BCUT2D eigenvalue weighted by Crippen LogP contribution is 2.24. The maximum Gasteiger partial charge on any atom is 0.322 e. The van der Waals surface area contributed by atoms with Crippen LogP contribution in [0.25, 0.3) is 0 Å². The molecule has 0 saturated heterocycles. The standard InChI is InChI=1S/C13H18N2O5/c1-9-4-5-10(15(17)18)8-12(9)20-7-6-11(14-2)13(16)19-3/h4-5,8,11,14H,6-7H2,1-3H3. The second-order valence-electron chi connectivity index (χ2n) is 4.21. The molecule has 0 fully saturated rings. The molecule has 7 nitrogen and oxygen atoms in total. The van der Waals surface area contributed by atoms with Crippen LogP contribution in [0.5, 0.6) is 5.75 Å². The topological polar surface area (TPSA) is 90.7 Å². The first-order valence-electron chi connectivity index (χ1n) is 6.12. The number of carbonyl (C=O) groups is 1.